The highest BCUT2D eigenvalue weighted by Crippen LogP contribution is 2.22. The maximum atomic E-state index is 12.2. The highest BCUT2D eigenvalue weighted by Gasteiger charge is 2.26. The fourth-order valence-corrected chi connectivity index (χ4v) is 3.19. The van der Waals surface area contributed by atoms with Crippen LogP contribution in [0.15, 0.2) is 24.3 Å². The van der Waals surface area contributed by atoms with Crippen molar-refractivity contribution in [3.63, 3.8) is 0 Å². The molecule has 1 aromatic carbocycles. The lowest BCUT2D eigenvalue weighted by Gasteiger charge is -2.30. The first-order chi connectivity index (χ1) is 11.0. The summed E-state index contributed by atoms with van der Waals surface area (Å²) in [4.78, 5) is 25.8. The highest BCUT2D eigenvalue weighted by molar-refractivity contribution is 6.31. The van der Waals surface area contributed by atoms with Gasteiger partial charge in [0.15, 0.2) is 0 Å². The van der Waals surface area contributed by atoms with Crippen molar-refractivity contribution in [1.82, 2.24) is 10.2 Å². The Labute approximate surface area is 141 Å². The molecule has 126 valence electrons. The molecule has 0 aromatic heterocycles. The second kappa shape index (κ2) is 8.31. The van der Waals surface area contributed by atoms with Crippen molar-refractivity contribution in [2.24, 2.45) is 5.92 Å². The van der Waals surface area contributed by atoms with E-state index in [1.165, 1.54) is 7.11 Å². The molecule has 1 aliphatic heterocycles. The van der Waals surface area contributed by atoms with Crippen LogP contribution in [0.2, 0.25) is 5.02 Å². The predicted octanol–water partition coefficient (Wildman–Crippen LogP) is 2.40. The third kappa shape index (κ3) is 4.94. The summed E-state index contributed by atoms with van der Waals surface area (Å²) in [5.41, 5.74) is 0.909. The van der Waals surface area contributed by atoms with Gasteiger partial charge in [0.25, 0.3) is 0 Å². The Hall–Kier alpha value is -1.59. The molecule has 1 N–H and O–H groups in total. The Kier molecular flexibility index (Phi) is 6.42. The van der Waals surface area contributed by atoms with Crippen molar-refractivity contribution in [1.29, 1.82) is 0 Å². The van der Waals surface area contributed by atoms with Crippen LogP contribution < -0.4 is 5.32 Å². The van der Waals surface area contributed by atoms with Gasteiger partial charge in [-0.25, -0.2) is 0 Å². The Morgan fingerprint density at radius 2 is 2.00 bits per heavy atom. The van der Waals surface area contributed by atoms with Gasteiger partial charge in [-0.05, 0) is 44.5 Å². The lowest BCUT2D eigenvalue weighted by molar-refractivity contribution is -0.147. The summed E-state index contributed by atoms with van der Waals surface area (Å²) in [5, 5.41) is 3.62. The van der Waals surface area contributed by atoms with Gasteiger partial charge in [-0.2, -0.15) is 0 Å². The van der Waals surface area contributed by atoms with Crippen molar-refractivity contribution in [2.45, 2.75) is 25.8 Å². The molecule has 0 spiro atoms. The first-order valence-electron chi connectivity index (χ1n) is 7.85. The van der Waals surface area contributed by atoms with Gasteiger partial charge in [-0.3, -0.25) is 14.5 Å². The van der Waals surface area contributed by atoms with Gasteiger partial charge in [0.05, 0.1) is 25.6 Å². The first-order valence-corrected chi connectivity index (χ1v) is 8.23. The Morgan fingerprint density at radius 1 is 1.35 bits per heavy atom. The summed E-state index contributed by atoms with van der Waals surface area (Å²) in [5.74, 6) is -0.225. The SMILES string of the molecule is COC(=O)C1CCN(CC(=O)NC(C)c2ccccc2Cl)CC1. The summed E-state index contributed by atoms with van der Waals surface area (Å²) in [6, 6.07) is 7.36. The summed E-state index contributed by atoms with van der Waals surface area (Å²) >= 11 is 6.15. The molecule has 1 heterocycles. The molecule has 0 saturated carbocycles. The summed E-state index contributed by atoms with van der Waals surface area (Å²) in [6.45, 7) is 3.71. The van der Waals surface area contributed by atoms with Crippen molar-refractivity contribution < 1.29 is 14.3 Å². The summed E-state index contributed by atoms with van der Waals surface area (Å²) in [6.07, 6.45) is 1.47. The van der Waals surface area contributed by atoms with Crippen molar-refractivity contribution >= 4 is 23.5 Å². The molecule has 2 rings (SSSR count). The minimum absolute atomic E-state index is 0.0334. The molecular formula is C17H23ClN2O3. The van der Waals surface area contributed by atoms with Gasteiger partial charge < -0.3 is 10.1 Å². The maximum absolute atomic E-state index is 12.2. The quantitative estimate of drug-likeness (QED) is 0.838. The molecule has 1 amide bonds. The fraction of sp³-hybridized carbons (Fsp3) is 0.529. The van der Waals surface area contributed by atoms with Crippen LogP contribution in [0.3, 0.4) is 0 Å². The number of hydrogen-bond acceptors (Lipinski definition) is 4. The largest absolute Gasteiger partial charge is 0.469 e. The average molecular weight is 339 g/mol. The van der Waals surface area contributed by atoms with E-state index >= 15 is 0 Å². The molecule has 23 heavy (non-hydrogen) atoms. The molecule has 1 aromatic rings. The third-order valence-electron chi connectivity index (χ3n) is 4.24. The van der Waals surface area contributed by atoms with E-state index in [1.807, 2.05) is 31.2 Å². The number of nitrogens with one attached hydrogen (secondary N) is 1. The van der Waals surface area contributed by atoms with Crippen molar-refractivity contribution in [3.05, 3.63) is 34.9 Å². The third-order valence-corrected chi connectivity index (χ3v) is 4.58. The van der Waals surface area contributed by atoms with Crippen LogP contribution in [0.5, 0.6) is 0 Å². The van der Waals surface area contributed by atoms with E-state index in [-0.39, 0.29) is 23.8 Å². The van der Waals surface area contributed by atoms with Crippen LogP contribution in [0.4, 0.5) is 0 Å². The number of methoxy groups -OCH3 is 1. The predicted molar refractivity (Wildman–Crippen MR) is 89.2 cm³/mol. The smallest absolute Gasteiger partial charge is 0.308 e. The number of rotatable bonds is 5. The van der Waals surface area contributed by atoms with Gasteiger partial charge in [-0.1, -0.05) is 29.8 Å². The average Bonchev–Trinajstić information content (AvgIpc) is 2.55. The van der Waals surface area contributed by atoms with Crippen LogP contribution >= 0.6 is 11.6 Å². The van der Waals surface area contributed by atoms with E-state index in [9.17, 15) is 9.59 Å². The van der Waals surface area contributed by atoms with Crippen LogP contribution in [0, 0.1) is 5.92 Å². The fourth-order valence-electron chi connectivity index (χ4n) is 2.89. The minimum atomic E-state index is -0.151. The van der Waals surface area contributed by atoms with E-state index in [2.05, 4.69) is 10.2 Å². The standard InChI is InChI=1S/C17H23ClN2O3/c1-12(14-5-3-4-6-15(14)18)19-16(21)11-20-9-7-13(8-10-20)17(22)23-2/h3-6,12-13H,7-11H2,1-2H3,(H,19,21). The van der Waals surface area contributed by atoms with Crippen LogP contribution in [0.25, 0.3) is 0 Å². The lowest BCUT2D eigenvalue weighted by Crippen LogP contribution is -2.43. The number of benzene rings is 1. The lowest BCUT2D eigenvalue weighted by atomic mass is 9.97. The number of esters is 1. The molecule has 0 aliphatic carbocycles. The Morgan fingerprint density at radius 3 is 2.61 bits per heavy atom. The van der Waals surface area contributed by atoms with Crippen molar-refractivity contribution in [2.75, 3.05) is 26.7 Å². The minimum Gasteiger partial charge on any atom is -0.469 e. The van der Waals surface area contributed by atoms with Crippen molar-refractivity contribution in [3.8, 4) is 0 Å². The van der Waals surface area contributed by atoms with Gasteiger partial charge >= 0.3 is 5.97 Å². The second-order valence-corrected chi connectivity index (χ2v) is 6.29. The van der Waals surface area contributed by atoms with Gasteiger partial charge in [-0.15, -0.1) is 0 Å². The molecular weight excluding hydrogens is 316 g/mol. The normalized spacial score (nSPS) is 17.5. The molecule has 1 aliphatic rings. The summed E-state index contributed by atoms with van der Waals surface area (Å²) in [7, 11) is 1.41. The molecule has 1 unspecified atom stereocenters. The van der Waals surface area contributed by atoms with E-state index in [1.54, 1.807) is 0 Å². The number of nitrogens with zero attached hydrogens (tertiary/aromatic N) is 1. The van der Waals surface area contributed by atoms with Gasteiger partial charge in [0.1, 0.15) is 0 Å². The zero-order chi connectivity index (χ0) is 16.8. The van der Waals surface area contributed by atoms with Crippen LogP contribution in [0.1, 0.15) is 31.4 Å². The van der Waals surface area contributed by atoms with E-state index < -0.39 is 0 Å². The number of ether oxygens (including phenoxy) is 1. The molecule has 1 fully saturated rings. The van der Waals surface area contributed by atoms with Gasteiger partial charge in [0, 0.05) is 5.02 Å². The number of amides is 1. The second-order valence-electron chi connectivity index (χ2n) is 5.88. The number of carbonyl (C=O) groups excluding carboxylic acids is 2. The molecule has 0 bridgehead atoms. The number of carbonyl (C=O) groups is 2. The Balaban J connectivity index is 1.80. The first kappa shape index (κ1) is 17.8. The van der Waals surface area contributed by atoms with E-state index in [0.717, 1.165) is 31.5 Å². The topological polar surface area (TPSA) is 58.6 Å². The number of halogens is 1. The molecule has 6 heteroatoms. The number of likely N-dealkylation sites (tertiary alicyclic amines) is 1. The molecule has 5 nitrogen and oxygen atoms in total. The molecule has 1 atom stereocenters. The zero-order valence-electron chi connectivity index (χ0n) is 13.5. The maximum Gasteiger partial charge on any atom is 0.308 e. The van der Waals surface area contributed by atoms with Crippen LogP contribution in [-0.2, 0) is 14.3 Å². The Bertz CT molecular complexity index is 557. The highest BCUT2D eigenvalue weighted by atomic mass is 35.5. The molecule has 0 radical (unpaired) electrons. The van der Waals surface area contributed by atoms with E-state index in [0.29, 0.717) is 11.6 Å². The molecule has 1 saturated heterocycles. The zero-order valence-corrected chi connectivity index (χ0v) is 14.3. The number of hydrogen-bond donors (Lipinski definition) is 1. The van der Waals surface area contributed by atoms with E-state index in [4.69, 9.17) is 16.3 Å². The summed E-state index contributed by atoms with van der Waals surface area (Å²) < 4.78 is 4.77. The monoisotopic (exact) mass is 338 g/mol. The number of piperidine rings is 1. The van der Waals surface area contributed by atoms with Gasteiger partial charge in [0.2, 0.25) is 5.91 Å². The van der Waals surface area contributed by atoms with Crippen LogP contribution in [-0.4, -0.2) is 43.5 Å².